The second-order valence-electron chi connectivity index (χ2n) is 4.50. The molecule has 74 valence electrons. The van der Waals surface area contributed by atoms with Crippen molar-refractivity contribution in [2.75, 3.05) is 0 Å². The molecule has 1 aliphatic carbocycles. The van der Waals surface area contributed by atoms with Gasteiger partial charge in [0.05, 0.1) is 0 Å². The van der Waals surface area contributed by atoms with Crippen molar-refractivity contribution in [3.05, 3.63) is 0 Å². The molecule has 13 heavy (non-hydrogen) atoms. The Kier molecular flexibility index (Phi) is 2.06. The Hall–Kier alpha value is -0.570. The van der Waals surface area contributed by atoms with Crippen molar-refractivity contribution in [2.24, 2.45) is 5.92 Å². The predicted molar refractivity (Wildman–Crippen MR) is 49.5 cm³/mol. The summed E-state index contributed by atoms with van der Waals surface area (Å²) in [6.07, 6.45) is 5.20. The highest BCUT2D eigenvalue weighted by atomic mass is 16.4. The molecule has 2 rings (SSSR count). The Morgan fingerprint density at radius 2 is 2.31 bits per heavy atom. The molecule has 0 amide bonds. The minimum absolute atomic E-state index is 0.369. The number of hydrogen-bond acceptors (Lipinski definition) is 2. The van der Waals surface area contributed by atoms with Crippen LogP contribution < -0.4 is 5.32 Å². The molecule has 0 spiro atoms. The maximum Gasteiger partial charge on any atom is 0.324 e. The van der Waals surface area contributed by atoms with Crippen LogP contribution in [0.2, 0.25) is 0 Å². The van der Waals surface area contributed by atoms with Crippen molar-refractivity contribution >= 4 is 5.97 Å². The van der Waals surface area contributed by atoms with Crippen LogP contribution in [0, 0.1) is 5.92 Å². The first kappa shape index (κ1) is 9.00. The van der Waals surface area contributed by atoms with Crippen LogP contribution in [-0.2, 0) is 4.79 Å². The van der Waals surface area contributed by atoms with E-state index < -0.39 is 11.5 Å². The van der Waals surface area contributed by atoms with Crippen LogP contribution in [-0.4, -0.2) is 22.7 Å². The summed E-state index contributed by atoms with van der Waals surface area (Å²) in [7, 11) is 0. The summed E-state index contributed by atoms with van der Waals surface area (Å²) < 4.78 is 0. The van der Waals surface area contributed by atoms with E-state index in [2.05, 4.69) is 12.2 Å². The van der Waals surface area contributed by atoms with Crippen LogP contribution >= 0.6 is 0 Å². The average Bonchev–Trinajstić information content (AvgIpc) is 2.41. The maximum atomic E-state index is 11.2. The molecule has 3 nitrogen and oxygen atoms in total. The highest BCUT2D eigenvalue weighted by Gasteiger charge is 2.52. The van der Waals surface area contributed by atoms with Crippen molar-refractivity contribution < 1.29 is 9.90 Å². The third-order valence-corrected chi connectivity index (χ3v) is 3.59. The Morgan fingerprint density at radius 1 is 1.54 bits per heavy atom. The molecule has 2 aliphatic rings. The Labute approximate surface area is 78.5 Å². The molecule has 0 aromatic carbocycles. The van der Waals surface area contributed by atoms with Crippen molar-refractivity contribution in [2.45, 2.75) is 50.6 Å². The summed E-state index contributed by atoms with van der Waals surface area (Å²) in [4.78, 5) is 11.2. The van der Waals surface area contributed by atoms with Gasteiger partial charge < -0.3 is 5.11 Å². The SMILES string of the molecule is C[C@H]1C[C@@H]2CCCC[C@]2(C(=O)O)N1. The van der Waals surface area contributed by atoms with Crippen LogP contribution in [0.3, 0.4) is 0 Å². The number of nitrogens with one attached hydrogen (secondary N) is 1. The van der Waals surface area contributed by atoms with E-state index in [1.54, 1.807) is 0 Å². The second-order valence-corrected chi connectivity index (χ2v) is 4.50. The summed E-state index contributed by atoms with van der Waals surface area (Å²) in [5.74, 6) is -0.268. The van der Waals surface area contributed by atoms with Gasteiger partial charge in [-0.05, 0) is 32.1 Å². The fourth-order valence-corrected chi connectivity index (χ4v) is 3.02. The lowest BCUT2D eigenvalue weighted by Gasteiger charge is -2.35. The lowest BCUT2D eigenvalue weighted by atomic mass is 9.74. The lowest BCUT2D eigenvalue weighted by molar-refractivity contribution is -0.147. The molecule has 1 saturated carbocycles. The van der Waals surface area contributed by atoms with E-state index in [-0.39, 0.29) is 0 Å². The van der Waals surface area contributed by atoms with Crippen LogP contribution in [0.15, 0.2) is 0 Å². The summed E-state index contributed by atoms with van der Waals surface area (Å²) >= 11 is 0. The smallest absolute Gasteiger partial charge is 0.324 e. The third kappa shape index (κ3) is 1.26. The zero-order valence-electron chi connectivity index (χ0n) is 8.05. The van der Waals surface area contributed by atoms with Gasteiger partial charge in [-0.15, -0.1) is 0 Å². The number of carbonyl (C=O) groups is 1. The summed E-state index contributed by atoms with van der Waals surface area (Å²) in [6.45, 7) is 2.09. The number of carboxylic acid groups (broad SMARTS) is 1. The minimum Gasteiger partial charge on any atom is -0.480 e. The standard InChI is InChI=1S/C10H17NO2/c1-7-6-8-4-2-3-5-10(8,11-7)9(12)13/h7-8,11H,2-6H2,1H3,(H,12,13)/t7-,8-,10-/m0/s1. The van der Waals surface area contributed by atoms with E-state index in [9.17, 15) is 9.90 Å². The molecule has 2 fully saturated rings. The number of hydrogen-bond donors (Lipinski definition) is 2. The summed E-state index contributed by atoms with van der Waals surface area (Å²) in [5.41, 5.74) is -0.572. The van der Waals surface area contributed by atoms with Gasteiger partial charge in [-0.2, -0.15) is 0 Å². The van der Waals surface area contributed by atoms with Crippen LogP contribution in [0.5, 0.6) is 0 Å². The normalized spacial score (nSPS) is 44.4. The monoisotopic (exact) mass is 183 g/mol. The first-order valence-corrected chi connectivity index (χ1v) is 5.16. The fraction of sp³-hybridized carbons (Fsp3) is 0.900. The highest BCUT2D eigenvalue weighted by molar-refractivity contribution is 5.80. The molecule has 2 N–H and O–H groups in total. The molecule has 3 heteroatoms. The van der Waals surface area contributed by atoms with Gasteiger partial charge in [0.25, 0.3) is 0 Å². The summed E-state index contributed by atoms with van der Waals surface area (Å²) in [6, 6.07) is 0.374. The highest BCUT2D eigenvalue weighted by Crippen LogP contribution is 2.41. The lowest BCUT2D eigenvalue weighted by Crippen LogP contribution is -2.54. The first-order chi connectivity index (χ1) is 6.15. The van der Waals surface area contributed by atoms with Gasteiger partial charge in [-0.1, -0.05) is 12.8 Å². The third-order valence-electron chi connectivity index (χ3n) is 3.59. The molecule has 0 radical (unpaired) electrons. The van der Waals surface area contributed by atoms with Crippen molar-refractivity contribution in [1.82, 2.24) is 5.32 Å². The fourth-order valence-electron chi connectivity index (χ4n) is 3.02. The second kappa shape index (κ2) is 2.98. The van der Waals surface area contributed by atoms with Crippen LogP contribution in [0.4, 0.5) is 0 Å². The summed E-state index contributed by atoms with van der Waals surface area (Å²) in [5, 5.41) is 12.5. The number of aliphatic carboxylic acids is 1. The minimum atomic E-state index is -0.637. The first-order valence-electron chi connectivity index (χ1n) is 5.16. The van der Waals surface area contributed by atoms with E-state index in [1.807, 2.05) is 0 Å². The zero-order valence-corrected chi connectivity index (χ0v) is 8.05. The molecule has 1 saturated heterocycles. The topological polar surface area (TPSA) is 49.3 Å². The average molecular weight is 183 g/mol. The van der Waals surface area contributed by atoms with E-state index in [0.29, 0.717) is 12.0 Å². The van der Waals surface area contributed by atoms with Gasteiger partial charge in [0.2, 0.25) is 0 Å². The van der Waals surface area contributed by atoms with Crippen molar-refractivity contribution in [3.8, 4) is 0 Å². The van der Waals surface area contributed by atoms with Gasteiger partial charge in [0, 0.05) is 6.04 Å². The van der Waals surface area contributed by atoms with Crippen LogP contribution in [0.25, 0.3) is 0 Å². The van der Waals surface area contributed by atoms with Gasteiger partial charge in [-0.3, -0.25) is 10.1 Å². The van der Waals surface area contributed by atoms with Gasteiger partial charge in [0.15, 0.2) is 0 Å². The molecular weight excluding hydrogens is 166 g/mol. The van der Waals surface area contributed by atoms with E-state index in [1.165, 1.54) is 6.42 Å². The maximum absolute atomic E-state index is 11.2. The van der Waals surface area contributed by atoms with E-state index in [0.717, 1.165) is 25.7 Å². The largest absolute Gasteiger partial charge is 0.480 e. The molecule has 0 aromatic heterocycles. The Morgan fingerprint density at radius 3 is 2.92 bits per heavy atom. The zero-order chi connectivity index (χ0) is 9.47. The van der Waals surface area contributed by atoms with Crippen LogP contribution in [0.1, 0.15) is 39.0 Å². The van der Waals surface area contributed by atoms with E-state index >= 15 is 0 Å². The van der Waals surface area contributed by atoms with Gasteiger partial charge >= 0.3 is 5.97 Å². The van der Waals surface area contributed by atoms with Gasteiger partial charge in [0.1, 0.15) is 5.54 Å². The molecule has 3 atom stereocenters. The molecule has 0 unspecified atom stereocenters. The van der Waals surface area contributed by atoms with Crippen molar-refractivity contribution in [1.29, 1.82) is 0 Å². The molecule has 1 heterocycles. The molecular formula is C10H17NO2. The molecule has 0 aromatic rings. The van der Waals surface area contributed by atoms with E-state index in [4.69, 9.17) is 0 Å². The molecule has 0 bridgehead atoms. The number of rotatable bonds is 1. The quantitative estimate of drug-likeness (QED) is 0.645. The Bertz CT molecular complexity index is 229. The van der Waals surface area contributed by atoms with Crippen molar-refractivity contribution in [3.63, 3.8) is 0 Å². The predicted octanol–water partition coefficient (Wildman–Crippen LogP) is 1.38. The number of fused-ring (bicyclic) bond motifs is 1. The molecule has 1 aliphatic heterocycles. The Balaban J connectivity index is 2.24. The number of carboxylic acids is 1. The van der Waals surface area contributed by atoms with Gasteiger partial charge in [-0.25, -0.2) is 0 Å².